The average Bonchev–Trinajstić information content (AvgIpc) is 3.08. The van der Waals surface area contributed by atoms with Gasteiger partial charge < -0.3 is 14.9 Å². The van der Waals surface area contributed by atoms with E-state index in [1.54, 1.807) is 54.6 Å². The van der Waals surface area contributed by atoms with Crippen LogP contribution in [0.5, 0.6) is 5.75 Å². The summed E-state index contributed by atoms with van der Waals surface area (Å²) < 4.78 is 6.41. The summed E-state index contributed by atoms with van der Waals surface area (Å²) in [7, 11) is 0. The van der Waals surface area contributed by atoms with Gasteiger partial charge in [-0.2, -0.15) is 10.4 Å². The second-order valence-corrected chi connectivity index (χ2v) is 5.80. The Hall–Kier alpha value is -4.12. The number of aromatic carboxylic acids is 2. The third kappa shape index (κ3) is 3.68. The molecule has 2 N–H and O–H groups in total. The number of hydrogen-bond donors (Lipinski definition) is 2. The van der Waals surface area contributed by atoms with Crippen LogP contribution in [0, 0.1) is 11.3 Å². The van der Waals surface area contributed by atoms with Crippen molar-refractivity contribution in [2.24, 2.45) is 0 Å². The molecule has 8 nitrogen and oxygen atoms in total. The highest BCUT2D eigenvalue weighted by atomic mass is 16.5. The number of rotatable bonds is 7. The van der Waals surface area contributed by atoms with Gasteiger partial charge in [-0.25, -0.2) is 14.3 Å². The quantitative estimate of drug-likeness (QED) is 0.648. The Balaban J connectivity index is 2.09. The van der Waals surface area contributed by atoms with Crippen molar-refractivity contribution in [2.75, 3.05) is 0 Å². The van der Waals surface area contributed by atoms with E-state index in [9.17, 15) is 25.1 Å². The van der Waals surface area contributed by atoms with Crippen molar-refractivity contribution < 1.29 is 24.5 Å². The Morgan fingerprint density at radius 1 is 1.04 bits per heavy atom. The lowest BCUT2D eigenvalue weighted by Crippen LogP contribution is -2.17. The van der Waals surface area contributed by atoms with Crippen LogP contribution in [-0.2, 0) is 6.61 Å². The van der Waals surface area contributed by atoms with Crippen molar-refractivity contribution in [3.63, 3.8) is 0 Å². The van der Waals surface area contributed by atoms with E-state index in [1.807, 2.05) is 12.1 Å². The predicted octanol–water partition coefficient (Wildman–Crippen LogP) is 2.97. The standard InChI is InChI=1S/C20H15N3O5/c21-11-15(14-9-5-2-6-10-14)23-17(20(26)27)18(16(22-23)19(24)25)28-12-13-7-3-1-4-8-13/h1-10,15H,12H2,(H,24,25)(H,26,27). The topological polar surface area (TPSA) is 125 Å². The maximum Gasteiger partial charge on any atom is 0.360 e. The van der Waals surface area contributed by atoms with E-state index in [4.69, 9.17) is 4.74 Å². The second kappa shape index (κ2) is 8.05. The SMILES string of the molecule is N#CC(c1ccccc1)n1nc(C(=O)O)c(OCc2ccccc2)c1C(=O)O. The maximum absolute atomic E-state index is 11.9. The van der Waals surface area contributed by atoms with Crippen molar-refractivity contribution >= 4 is 11.9 Å². The molecular weight excluding hydrogens is 362 g/mol. The van der Waals surface area contributed by atoms with E-state index in [0.717, 1.165) is 10.2 Å². The van der Waals surface area contributed by atoms with Gasteiger partial charge in [-0.3, -0.25) is 0 Å². The summed E-state index contributed by atoms with van der Waals surface area (Å²) in [5.41, 5.74) is 0.137. The van der Waals surface area contributed by atoms with E-state index in [0.29, 0.717) is 5.56 Å². The first-order valence-electron chi connectivity index (χ1n) is 8.23. The lowest BCUT2D eigenvalue weighted by molar-refractivity contribution is 0.0674. The molecule has 0 saturated heterocycles. The van der Waals surface area contributed by atoms with Crippen LogP contribution in [0.3, 0.4) is 0 Å². The summed E-state index contributed by atoms with van der Waals surface area (Å²) in [6.45, 7) is -0.0460. The van der Waals surface area contributed by atoms with Crippen molar-refractivity contribution in [1.82, 2.24) is 9.78 Å². The molecule has 0 aliphatic heterocycles. The molecule has 0 bridgehead atoms. The number of carbonyl (C=O) groups is 2. The number of nitrogens with zero attached hydrogens (tertiary/aromatic N) is 3. The first-order valence-corrected chi connectivity index (χ1v) is 8.23. The summed E-state index contributed by atoms with van der Waals surface area (Å²) >= 11 is 0. The Kier molecular flexibility index (Phi) is 5.37. The zero-order valence-corrected chi connectivity index (χ0v) is 14.5. The molecule has 3 rings (SSSR count). The summed E-state index contributed by atoms with van der Waals surface area (Å²) in [5.74, 6) is -3.28. The van der Waals surface area contributed by atoms with Crippen molar-refractivity contribution in [2.45, 2.75) is 12.6 Å². The molecule has 0 amide bonds. The van der Waals surface area contributed by atoms with Crippen molar-refractivity contribution in [1.29, 1.82) is 5.26 Å². The molecule has 1 aromatic heterocycles. The summed E-state index contributed by atoms with van der Waals surface area (Å²) in [4.78, 5) is 23.5. The van der Waals surface area contributed by atoms with Crippen molar-refractivity contribution in [3.8, 4) is 11.8 Å². The first kappa shape index (κ1) is 18.7. The van der Waals surface area contributed by atoms with Crippen LogP contribution in [0.4, 0.5) is 0 Å². The molecule has 0 aliphatic carbocycles. The zero-order chi connectivity index (χ0) is 20.1. The van der Waals surface area contributed by atoms with Gasteiger partial charge in [-0.15, -0.1) is 0 Å². The highest BCUT2D eigenvalue weighted by Crippen LogP contribution is 2.30. The van der Waals surface area contributed by atoms with Gasteiger partial charge >= 0.3 is 11.9 Å². The molecule has 1 atom stereocenters. The number of hydrogen-bond acceptors (Lipinski definition) is 5. The van der Waals surface area contributed by atoms with Crippen molar-refractivity contribution in [3.05, 3.63) is 83.2 Å². The Bertz CT molecular complexity index is 1040. The number of benzene rings is 2. The molecule has 1 heterocycles. The predicted molar refractivity (Wildman–Crippen MR) is 97.1 cm³/mol. The van der Waals surface area contributed by atoms with E-state index in [-0.39, 0.29) is 12.4 Å². The van der Waals surface area contributed by atoms with Crippen LogP contribution in [0.2, 0.25) is 0 Å². The lowest BCUT2D eigenvalue weighted by atomic mass is 10.1. The largest absolute Gasteiger partial charge is 0.484 e. The maximum atomic E-state index is 11.9. The highest BCUT2D eigenvalue weighted by molar-refractivity contribution is 5.96. The summed E-state index contributed by atoms with van der Waals surface area (Å²) in [6, 6.07) is 18.1. The summed E-state index contributed by atoms with van der Waals surface area (Å²) in [6.07, 6.45) is 0. The van der Waals surface area contributed by atoms with E-state index in [1.165, 1.54) is 0 Å². The molecular formula is C20H15N3O5. The van der Waals surface area contributed by atoms with Gasteiger partial charge in [0.2, 0.25) is 5.69 Å². The Labute approximate surface area is 159 Å². The molecule has 1 unspecified atom stereocenters. The second-order valence-electron chi connectivity index (χ2n) is 5.80. The molecule has 8 heteroatoms. The Morgan fingerprint density at radius 2 is 1.64 bits per heavy atom. The minimum Gasteiger partial charge on any atom is -0.484 e. The molecule has 140 valence electrons. The molecule has 3 aromatic rings. The van der Waals surface area contributed by atoms with Crippen LogP contribution >= 0.6 is 0 Å². The molecule has 2 aromatic carbocycles. The van der Waals surface area contributed by atoms with Crippen LogP contribution in [0.15, 0.2) is 60.7 Å². The Morgan fingerprint density at radius 3 is 2.18 bits per heavy atom. The lowest BCUT2D eigenvalue weighted by Gasteiger charge is -2.12. The van der Waals surface area contributed by atoms with Gasteiger partial charge in [0.15, 0.2) is 17.5 Å². The van der Waals surface area contributed by atoms with Gasteiger partial charge in [-0.1, -0.05) is 60.7 Å². The number of carboxylic acid groups (broad SMARTS) is 2. The number of aromatic nitrogens is 2. The number of ether oxygens (including phenoxy) is 1. The van der Waals surface area contributed by atoms with Gasteiger partial charge in [-0.05, 0) is 11.1 Å². The fourth-order valence-corrected chi connectivity index (χ4v) is 2.71. The minimum atomic E-state index is -1.45. The normalized spacial score (nSPS) is 11.4. The van der Waals surface area contributed by atoms with Crippen LogP contribution in [0.25, 0.3) is 0 Å². The van der Waals surface area contributed by atoms with Crippen LogP contribution < -0.4 is 4.74 Å². The molecule has 0 fully saturated rings. The van der Waals surface area contributed by atoms with Gasteiger partial charge in [0.1, 0.15) is 6.61 Å². The molecule has 0 saturated carbocycles. The molecule has 28 heavy (non-hydrogen) atoms. The van der Waals surface area contributed by atoms with E-state index < -0.39 is 29.4 Å². The van der Waals surface area contributed by atoms with Crippen LogP contribution in [-0.4, -0.2) is 31.9 Å². The van der Waals surface area contributed by atoms with Crippen LogP contribution in [0.1, 0.15) is 38.1 Å². The first-order chi connectivity index (χ1) is 13.5. The van der Waals surface area contributed by atoms with E-state index >= 15 is 0 Å². The monoisotopic (exact) mass is 377 g/mol. The number of carboxylic acids is 2. The molecule has 0 radical (unpaired) electrons. The average molecular weight is 377 g/mol. The zero-order valence-electron chi connectivity index (χ0n) is 14.5. The molecule has 0 spiro atoms. The van der Waals surface area contributed by atoms with Gasteiger partial charge in [0.05, 0.1) is 6.07 Å². The third-order valence-electron chi connectivity index (χ3n) is 3.98. The summed E-state index contributed by atoms with van der Waals surface area (Å²) in [5, 5.41) is 32.6. The van der Waals surface area contributed by atoms with E-state index in [2.05, 4.69) is 5.10 Å². The minimum absolute atomic E-state index is 0.0460. The van der Waals surface area contributed by atoms with Gasteiger partial charge in [0, 0.05) is 0 Å². The third-order valence-corrected chi connectivity index (χ3v) is 3.98. The number of nitriles is 1. The molecule has 0 aliphatic rings. The van der Waals surface area contributed by atoms with Gasteiger partial charge in [0.25, 0.3) is 0 Å². The fourth-order valence-electron chi connectivity index (χ4n) is 2.71. The highest BCUT2D eigenvalue weighted by Gasteiger charge is 2.32. The fraction of sp³-hybridized carbons (Fsp3) is 0.100. The smallest absolute Gasteiger partial charge is 0.360 e.